The second-order valence-corrected chi connectivity index (χ2v) is 9.65. The Morgan fingerprint density at radius 1 is 0.943 bits per heavy atom. The zero-order chi connectivity index (χ0) is 25.4. The molecule has 1 unspecified atom stereocenters. The predicted molar refractivity (Wildman–Crippen MR) is 135 cm³/mol. The molecule has 188 valence electrons. The molecule has 0 saturated carbocycles. The molecule has 1 aliphatic carbocycles. The summed E-state index contributed by atoms with van der Waals surface area (Å²) in [6.07, 6.45) is 1.07. The van der Waals surface area contributed by atoms with E-state index in [0.717, 1.165) is 17.5 Å². The summed E-state index contributed by atoms with van der Waals surface area (Å²) >= 11 is 0. The summed E-state index contributed by atoms with van der Waals surface area (Å²) < 4.78 is 5.55. The molecule has 0 spiro atoms. The van der Waals surface area contributed by atoms with Crippen molar-refractivity contribution in [1.29, 1.82) is 0 Å². The van der Waals surface area contributed by atoms with Gasteiger partial charge in [-0.25, -0.2) is 4.79 Å². The van der Waals surface area contributed by atoms with Crippen molar-refractivity contribution < 1.29 is 24.2 Å². The minimum absolute atomic E-state index is 0.0122. The lowest BCUT2D eigenvalue weighted by Gasteiger charge is -2.20. The molecule has 7 heteroatoms. The van der Waals surface area contributed by atoms with E-state index in [0.29, 0.717) is 18.9 Å². The number of nitrogens with one attached hydrogen (secondary N) is 2. The lowest BCUT2D eigenvalue weighted by Crippen LogP contribution is -2.38. The number of carbonyl (C=O) groups excluding carboxylic acids is 2. The van der Waals surface area contributed by atoms with E-state index in [-0.39, 0.29) is 43.2 Å². The molecule has 0 bridgehead atoms. The van der Waals surface area contributed by atoms with Crippen LogP contribution >= 0.6 is 0 Å². The van der Waals surface area contributed by atoms with Crippen LogP contribution in [0.15, 0.2) is 48.5 Å². The van der Waals surface area contributed by atoms with Gasteiger partial charge in [-0.05, 0) is 53.9 Å². The maximum atomic E-state index is 12.4. The van der Waals surface area contributed by atoms with E-state index in [1.165, 1.54) is 11.1 Å². The van der Waals surface area contributed by atoms with Gasteiger partial charge in [0.25, 0.3) is 0 Å². The molecule has 2 amide bonds. The van der Waals surface area contributed by atoms with Crippen LogP contribution in [0.1, 0.15) is 63.5 Å². The first kappa shape index (κ1) is 26.3. The van der Waals surface area contributed by atoms with Gasteiger partial charge in [-0.2, -0.15) is 0 Å². The van der Waals surface area contributed by atoms with Gasteiger partial charge in [0.1, 0.15) is 6.61 Å². The van der Waals surface area contributed by atoms with E-state index >= 15 is 0 Å². The number of aliphatic carboxylic acids is 1. The highest BCUT2D eigenvalue weighted by molar-refractivity contribution is 5.79. The van der Waals surface area contributed by atoms with Crippen molar-refractivity contribution in [2.24, 2.45) is 11.8 Å². The molecule has 0 fully saturated rings. The van der Waals surface area contributed by atoms with Gasteiger partial charge in [0.2, 0.25) is 5.91 Å². The third-order valence-electron chi connectivity index (χ3n) is 6.71. The first-order valence-corrected chi connectivity index (χ1v) is 12.4. The molecule has 3 rings (SSSR count). The fourth-order valence-electron chi connectivity index (χ4n) is 4.76. The second-order valence-electron chi connectivity index (χ2n) is 9.65. The third-order valence-corrected chi connectivity index (χ3v) is 6.71. The normalized spacial score (nSPS) is 14.1. The van der Waals surface area contributed by atoms with Crippen LogP contribution in [0.4, 0.5) is 4.79 Å². The van der Waals surface area contributed by atoms with Crippen LogP contribution in [-0.2, 0) is 14.3 Å². The molecule has 2 aromatic carbocycles. The molecule has 35 heavy (non-hydrogen) atoms. The summed E-state index contributed by atoms with van der Waals surface area (Å²) in [6, 6.07) is 15.9. The van der Waals surface area contributed by atoms with E-state index in [4.69, 9.17) is 9.84 Å². The topological polar surface area (TPSA) is 105 Å². The van der Waals surface area contributed by atoms with Gasteiger partial charge in [-0.1, -0.05) is 62.4 Å². The molecule has 2 aromatic rings. The number of fused-ring (bicyclic) bond motifs is 3. The van der Waals surface area contributed by atoms with Crippen molar-refractivity contribution in [1.82, 2.24) is 10.6 Å². The quantitative estimate of drug-likeness (QED) is 0.399. The summed E-state index contributed by atoms with van der Waals surface area (Å²) in [4.78, 5) is 35.5. The van der Waals surface area contributed by atoms with Crippen LogP contribution in [0.2, 0.25) is 0 Å². The first-order valence-electron chi connectivity index (χ1n) is 12.4. The van der Waals surface area contributed by atoms with Crippen molar-refractivity contribution in [3.8, 4) is 11.1 Å². The highest BCUT2D eigenvalue weighted by Gasteiger charge is 2.29. The van der Waals surface area contributed by atoms with E-state index in [9.17, 15) is 14.4 Å². The van der Waals surface area contributed by atoms with Crippen LogP contribution in [0.5, 0.6) is 0 Å². The number of hydrogen-bond acceptors (Lipinski definition) is 4. The number of rotatable bonds is 12. The molecular formula is C28H36N2O5. The Labute approximate surface area is 207 Å². The summed E-state index contributed by atoms with van der Waals surface area (Å²) in [7, 11) is 0. The van der Waals surface area contributed by atoms with Crippen LogP contribution in [0.25, 0.3) is 11.1 Å². The number of ether oxygens (including phenoxy) is 1. The zero-order valence-electron chi connectivity index (χ0n) is 20.8. The molecule has 0 aromatic heterocycles. The van der Waals surface area contributed by atoms with Gasteiger partial charge in [-0.15, -0.1) is 0 Å². The van der Waals surface area contributed by atoms with E-state index in [2.05, 4.69) is 48.7 Å². The largest absolute Gasteiger partial charge is 0.481 e. The summed E-state index contributed by atoms with van der Waals surface area (Å²) in [5.74, 6) is -0.380. The monoisotopic (exact) mass is 480 g/mol. The second kappa shape index (κ2) is 12.4. The van der Waals surface area contributed by atoms with Gasteiger partial charge in [0, 0.05) is 31.3 Å². The van der Waals surface area contributed by atoms with E-state index in [1.807, 2.05) is 24.3 Å². The van der Waals surface area contributed by atoms with Crippen molar-refractivity contribution in [3.05, 3.63) is 59.7 Å². The van der Waals surface area contributed by atoms with Gasteiger partial charge < -0.3 is 20.5 Å². The highest BCUT2D eigenvalue weighted by atomic mass is 16.5. The minimum atomic E-state index is -0.798. The van der Waals surface area contributed by atoms with Crippen molar-refractivity contribution >= 4 is 18.0 Å². The molecule has 7 nitrogen and oxygen atoms in total. The molecule has 1 aliphatic rings. The smallest absolute Gasteiger partial charge is 0.407 e. The number of carboxylic acid groups (broad SMARTS) is 1. The molecule has 0 aliphatic heterocycles. The third kappa shape index (κ3) is 7.31. The fourth-order valence-corrected chi connectivity index (χ4v) is 4.76. The Hall–Kier alpha value is -3.35. The fraction of sp³-hybridized carbons (Fsp3) is 0.464. The van der Waals surface area contributed by atoms with E-state index in [1.54, 1.807) is 6.92 Å². The lowest BCUT2D eigenvalue weighted by atomic mass is 9.88. The van der Waals surface area contributed by atoms with E-state index < -0.39 is 12.1 Å². The van der Waals surface area contributed by atoms with Gasteiger partial charge in [0.15, 0.2) is 0 Å². The number of carboxylic acids is 1. The Bertz CT molecular complexity index is 990. The number of carbonyl (C=O) groups is 3. The molecule has 2 atom stereocenters. The molecule has 0 radical (unpaired) electrons. The number of alkyl carbamates (subject to hydrolysis) is 1. The SMILES string of the molecule is CC(C)C(CCNC(=O)C[C@H](C)NC(=O)OCC1c2ccccc2-c2ccccc21)CCC(=O)O. The number of hydrogen-bond donors (Lipinski definition) is 3. The average molecular weight is 481 g/mol. The predicted octanol–water partition coefficient (Wildman–Crippen LogP) is 4.95. The Morgan fingerprint density at radius 2 is 1.54 bits per heavy atom. The van der Waals surface area contributed by atoms with Gasteiger partial charge in [0.05, 0.1) is 0 Å². The summed E-state index contributed by atoms with van der Waals surface area (Å²) in [5, 5.41) is 14.5. The minimum Gasteiger partial charge on any atom is -0.481 e. The Kier molecular flexibility index (Phi) is 9.29. The lowest BCUT2D eigenvalue weighted by molar-refractivity contribution is -0.137. The summed E-state index contributed by atoms with van der Waals surface area (Å²) in [6.45, 7) is 6.61. The van der Waals surface area contributed by atoms with Crippen LogP contribution in [0, 0.1) is 11.8 Å². The van der Waals surface area contributed by atoms with Crippen LogP contribution < -0.4 is 10.6 Å². The van der Waals surface area contributed by atoms with Crippen molar-refractivity contribution in [3.63, 3.8) is 0 Å². The van der Waals surface area contributed by atoms with Gasteiger partial charge in [-0.3, -0.25) is 9.59 Å². The van der Waals surface area contributed by atoms with Crippen molar-refractivity contribution in [2.75, 3.05) is 13.2 Å². The average Bonchev–Trinajstić information content (AvgIpc) is 3.13. The Morgan fingerprint density at radius 3 is 2.11 bits per heavy atom. The summed E-state index contributed by atoms with van der Waals surface area (Å²) in [5.41, 5.74) is 4.64. The van der Waals surface area contributed by atoms with Crippen molar-refractivity contribution in [2.45, 2.75) is 58.4 Å². The highest BCUT2D eigenvalue weighted by Crippen LogP contribution is 2.44. The molecular weight excluding hydrogens is 444 g/mol. The maximum absolute atomic E-state index is 12.4. The van der Waals surface area contributed by atoms with Crippen LogP contribution in [-0.4, -0.2) is 42.3 Å². The molecule has 0 heterocycles. The standard InChI is InChI=1S/C28H36N2O5/c1-18(2)20(12-13-27(32)33)14-15-29-26(31)16-19(3)30-28(34)35-17-25-23-10-6-4-8-21(23)22-9-5-7-11-24(22)25/h4-11,18-20,25H,12-17H2,1-3H3,(H,29,31)(H,30,34)(H,32,33)/t19-,20?/m0/s1. The maximum Gasteiger partial charge on any atom is 0.407 e. The zero-order valence-corrected chi connectivity index (χ0v) is 20.8. The van der Waals surface area contributed by atoms with Crippen LogP contribution in [0.3, 0.4) is 0 Å². The number of amides is 2. The molecule has 3 N–H and O–H groups in total. The number of benzene rings is 2. The Balaban J connectivity index is 1.41. The van der Waals surface area contributed by atoms with Gasteiger partial charge >= 0.3 is 12.1 Å². The first-order chi connectivity index (χ1) is 16.8. The molecule has 0 saturated heterocycles.